The van der Waals surface area contributed by atoms with Gasteiger partial charge in [-0.25, -0.2) is 0 Å². The highest BCUT2D eigenvalue weighted by atomic mass is 35.5. The van der Waals surface area contributed by atoms with Gasteiger partial charge in [-0.3, -0.25) is 9.97 Å². The Kier molecular flexibility index (Phi) is 3.99. The molecule has 0 spiro atoms. The third kappa shape index (κ3) is 2.90. The number of ether oxygens (including phenoxy) is 1. The lowest BCUT2D eigenvalue weighted by atomic mass is 10.2. The molecule has 0 bridgehead atoms. The average molecular weight is 264 g/mol. The van der Waals surface area contributed by atoms with Crippen LogP contribution in [0.5, 0.6) is 5.75 Å². The number of aryl methyl sites for hydroxylation is 1. The van der Waals surface area contributed by atoms with Gasteiger partial charge in [-0.2, -0.15) is 0 Å². The predicted octanol–water partition coefficient (Wildman–Crippen LogP) is 3.06. The third-order valence-electron chi connectivity index (χ3n) is 2.56. The molecule has 0 saturated carbocycles. The summed E-state index contributed by atoms with van der Waals surface area (Å²) >= 11 is 6.05. The van der Waals surface area contributed by atoms with Crippen molar-refractivity contribution < 1.29 is 4.74 Å². The Morgan fingerprint density at radius 2 is 2.17 bits per heavy atom. The van der Waals surface area contributed by atoms with Gasteiger partial charge in [0.05, 0.1) is 31.2 Å². The third-order valence-corrected chi connectivity index (χ3v) is 2.96. The van der Waals surface area contributed by atoms with Crippen LogP contribution < -0.4 is 10.1 Å². The first kappa shape index (κ1) is 12.6. The minimum absolute atomic E-state index is 0.589. The number of nitrogens with one attached hydrogen (secondary N) is 1. The van der Waals surface area contributed by atoms with Gasteiger partial charge in [0, 0.05) is 23.5 Å². The maximum atomic E-state index is 6.05. The van der Waals surface area contributed by atoms with Gasteiger partial charge >= 0.3 is 0 Å². The molecule has 5 heteroatoms. The molecule has 0 atom stereocenters. The summed E-state index contributed by atoms with van der Waals surface area (Å²) in [5.41, 5.74) is 2.76. The second-order valence-electron chi connectivity index (χ2n) is 3.85. The van der Waals surface area contributed by atoms with Crippen LogP contribution >= 0.6 is 11.6 Å². The molecule has 4 nitrogen and oxygen atoms in total. The number of anilines is 1. The van der Waals surface area contributed by atoms with Crippen molar-refractivity contribution in [3.05, 3.63) is 47.0 Å². The molecule has 1 N–H and O–H groups in total. The lowest BCUT2D eigenvalue weighted by Crippen LogP contribution is -2.03. The highest BCUT2D eigenvalue weighted by Crippen LogP contribution is 2.31. The Bertz CT molecular complexity index is 531. The molecule has 1 aromatic heterocycles. The van der Waals surface area contributed by atoms with Crippen molar-refractivity contribution in [2.45, 2.75) is 13.5 Å². The monoisotopic (exact) mass is 263 g/mol. The molecule has 0 aliphatic heterocycles. The van der Waals surface area contributed by atoms with Crippen molar-refractivity contribution >= 4 is 17.3 Å². The van der Waals surface area contributed by atoms with Gasteiger partial charge in [0.15, 0.2) is 0 Å². The number of hydrogen-bond acceptors (Lipinski definition) is 4. The van der Waals surface area contributed by atoms with E-state index >= 15 is 0 Å². The molecule has 0 fully saturated rings. The molecular formula is C13H14ClN3O. The highest BCUT2D eigenvalue weighted by Gasteiger charge is 2.06. The van der Waals surface area contributed by atoms with E-state index in [9.17, 15) is 0 Å². The quantitative estimate of drug-likeness (QED) is 0.921. The largest absolute Gasteiger partial charge is 0.495 e. The van der Waals surface area contributed by atoms with E-state index in [1.807, 2.05) is 13.0 Å². The van der Waals surface area contributed by atoms with E-state index < -0.39 is 0 Å². The zero-order valence-corrected chi connectivity index (χ0v) is 11.0. The fraction of sp³-hybridized carbons (Fsp3) is 0.231. The molecule has 18 heavy (non-hydrogen) atoms. The Labute approximate surface area is 111 Å². The summed E-state index contributed by atoms with van der Waals surface area (Å²) in [6, 6.07) is 3.76. The van der Waals surface area contributed by atoms with E-state index in [2.05, 4.69) is 15.3 Å². The minimum atomic E-state index is 0.589. The maximum absolute atomic E-state index is 6.05. The van der Waals surface area contributed by atoms with Gasteiger partial charge in [0.25, 0.3) is 0 Å². The van der Waals surface area contributed by atoms with Crippen molar-refractivity contribution in [3.8, 4) is 5.75 Å². The molecule has 1 aromatic carbocycles. The summed E-state index contributed by atoms with van der Waals surface area (Å²) in [5, 5.41) is 3.95. The van der Waals surface area contributed by atoms with Crippen LogP contribution in [0.3, 0.4) is 0 Å². The summed E-state index contributed by atoms with van der Waals surface area (Å²) in [6.07, 6.45) is 5.04. The van der Waals surface area contributed by atoms with Crippen molar-refractivity contribution in [2.75, 3.05) is 12.4 Å². The van der Waals surface area contributed by atoms with Crippen LogP contribution in [-0.4, -0.2) is 17.1 Å². The zero-order chi connectivity index (χ0) is 13.0. The van der Waals surface area contributed by atoms with Gasteiger partial charge < -0.3 is 10.1 Å². The number of benzene rings is 1. The molecule has 2 aromatic rings. The lowest BCUT2D eigenvalue weighted by molar-refractivity contribution is 0.416. The van der Waals surface area contributed by atoms with Crippen molar-refractivity contribution in [1.82, 2.24) is 9.97 Å². The second-order valence-corrected chi connectivity index (χ2v) is 4.26. The van der Waals surface area contributed by atoms with Gasteiger partial charge in [-0.05, 0) is 18.6 Å². The number of rotatable bonds is 4. The van der Waals surface area contributed by atoms with Crippen LogP contribution in [0.1, 0.15) is 11.3 Å². The average Bonchev–Trinajstić information content (AvgIpc) is 2.41. The van der Waals surface area contributed by atoms with Crippen LogP contribution in [0, 0.1) is 6.92 Å². The number of hydrogen-bond donors (Lipinski definition) is 1. The molecule has 0 radical (unpaired) electrons. The number of nitrogens with zero attached hydrogens (tertiary/aromatic N) is 2. The number of methoxy groups -OCH3 is 1. The first-order valence-electron chi connectivity index (χ1n) is 5.53. The summed E-state index contributed by atoms with van der Waals surface area (Å²) in [6.45, 7) is 2.54. The summed E-state index contributed by atoms with van der Waals surface area (Å²) < 4.78 is 5.29. The van der Waals surface area contributed by atoms with Gasteiger partial charge in [-0.1, -0.05) is 11.6 Å². The zero-order valence-electron chi connectivity index (χ0n) is 10.3. The number of aromatic nitrogens is 2. The van der Waals surface area contributed by atoms with Crippen LogP contribution in [0.15, 0.2) is 30.7 Å². The fourth-order valence-corrected chi connectivity index (χ4v) is 1.73. The molecule has 0 aliphatic rings. The molecule has 2 rings (SSSR count). The van der Waals surface area contributed by atoms with Crippen molar-refractivity contribution in [2.24, 2.45) is 0 Å². The number of halogens is 1. The highest BCUT2D eigenvalue weighted by molar-refractivity contribution is 6.31. The summed E-state index contributed by atoms with van der Waals surface area (Å²) in [4.78, 5) is 8.21. The standard InChI is InChI=1S/C13H14ClN3O/c1-9-5-12(13(18-2)6-11(9)14)17-8-10-7-15-3-4-16-10/h3-7,17H,8H2,1-2H3. The van der Waals surface area contributed by atoms with E-state index in [1.165, 1.54) is 0 Å². The van der Waals surface area contributed by atoms with Gasteiger partial charge in [0.1, 0.15) is 5.75 Å². The van der Waals surface area contributed by atoms with E-state index in [0.717, 1.165) is 22.7 Å². The molecule has 1 heterocycles. The van der Waals surface area contributed by atoms with Crippen LogP contribution in [0.25, 0.3) is 0 Å². The molecule has 0 unspecified atom stereocenters. The van der Waals surface area contributed by atoms with Crippen molar-refractivity contribution in [1.29, 1.82) is 0 Å². The maximum Gasteiger partial charge on any atom is 0.143 e. The lowest BCUT2D eigenvalue weighted by Gasteiger charge is -2.12. The van der Waals surface area contributed by atoms with E-state index in [4.69, 9.17) is 16.3 Å². The van der Waals surface area contributed by atoms with E-state index in [1.54, 1.807) is 31.8 Å². The normalized spacial score (nSPS) is 10.2. The SMILES string of the molecule is COc1cc(Cl)c(C)cc1NCc1cnccn1. The smallest absolute Gasteiger partial charge is 0.143 e. The Morgan fingerprint density at radius 1 is 1.33 bits per heavy atom. The fourth-order valence-electron chi connectivity index (χ4n) is 1.58. The Balaban J connectivity index is 2.16. The predicted molar refractivity (Wildman–Crippen MR) is 72.1 cm³/mol. The summed E-state index contributed by atoms with van der Waals surface area (Å²) in [7, 11) is 1.62. The Hall–Kier alpha value is -1.81. The first-order chi connectivity index (χ1) is 8.70. The van der Waals surface area contributed by atoms with Crippen LogP contribution in [0.4, 0.5) is 5.69 Å². The topological polar surface area (TPSA) is 47.0 Å². The van der Waals surface area contributed by atoms with Crippen LogP contribution in [-0.2, 0) is 6.54 Å². The Morgan fingerprint density at radius 3 is 2.83 bits per heavy atom. The first-order valence-corrected chi connectivity index (χ1v) is 5.91. The van der Waals surface area contributed by atoms with Gasteiger partial charge in [-0.15, -0.1) is 0 Å². The van der Waals surface area contributed by atoms with E-state index in [-0.39, 0.29) is 0 Å². The van der Waals surface area contributed by atoms with Crippen molar-refractivity contribution in [3.63, 3.8) is 0 Å². The minimum Gasteiger partial charge on any atom is -0.495 e. The molecule has 0 saturated heterocycles. The van der Waals surface area contributed by atoms with Gasteiger partial charge in [0.2, 0.25) is 0 Å². The molecule has 0 amide bonds. The molecule has 0 aliphatic carbocycles. The molecular weight excluding hydrogens is 250 g/mol. The van der Waals surface area contributed by atoms with E-state index in [0.29, 0.717) is 11.6 Å². The summed E-state index contributed by atoms with van der Waals surface area (Å²) in [5.74, 6) is 0.717. The second kappa shape index (κ2) is 5.69. The van der Waals surface area contributed by atoms with Crippen LogP contribution in [0.2, 0.25) is 5.02 Å². The molecule has 94 valence electrons.